The fourth-order valence-corrected chi connectivity index (χ4v) is 1.43. The highest BCUT2D eigenvalue weighted by atomic mass is 13.9. The van der Waals surface area contributed by atoms with Crippen LogP contribution in [0.5, 0.6) is 0 Å². The first-order chi connectivity index (χ1) is 7.83. The van der Waals surface area contributed by atoms with Crippen LogP contribution in [0.2, 0.25) is 0 Å². The van der Waals surface area contributed by atoms with Gasteiger partial charge in [-0.2, -0.15) is 0 Å². The average Bonchev–Trinajstić information content (AvgIpc) is 2.31. The van der Waals surface area contributed by atoms with E-state index in [1.54, 1.807) is 0 Å². The summed E-state index contributed by atoms with van der Waals surface area (Å²) in [5, 5.41) is 0. The summed E-state index contributed by atoms with van der Waals surface area (Å²) in [6.07, 6.45) is 17.2. The van der Waals surface area contributed by atoms with E-state index in [2.05, 4.69) is 27.0 Å². The molecule has 0 saturated heterocycles. The lowest BCUT2D eigenvalue weighted by Crippen LogP contribution is -1.73. The minimum absolute atomic E-state index is 1.15. The van der Waals surface area contributed by atoms with Crippen molar-refractivity contribution in [3.05, 3.63) is 25.3 Å². The minimum atomic E-state index is 1.15. The van der Waals surface area contributed by atoms with Crippen LogP contribution in [-0.2, 0) is 0 Å². The first-order valence-electron chi connectivity index (χ1n) is 7.05. The van der Waals surface area contributed by atoms with Crippen molar-refractivity contribution in [2.24, 2.45) is 0 Å². The molecule has 0 heteroatoms. The van der Waals surface area contributed by atoms with E-state index in [9.17, 15) is 0 Å². The molecule has 0 rings (SSSR count). The predicted octanol–water partition coefficient (Wildman–Crippen LogP) is 6.29. The van der Waals surface area contributed by atoms with Crippen molar-refractivity contribution in [3.8, 4) is 0 Å². The van der Waals surface area contributed by atoms with Crippen LogP contribution in [0.25, 0.3) is 0 Å². The van der Waals surface area contributed by atoms with Gasteiger partial charge in [-0.1, -0.05) is 64.5 Å². The molecule has 0 bridgehead atoms. The number of hydrogen-bond donors (Lipinski definition) is 0. The Hall–Kier alpha value is -0.520. The Bertz CT molecular complexity index is 108. The van der Waals surface area contributed by atoms with Crippen LogP contribution in [0.3, 0.4) is 0 Å². The molecule has 0 spiro atoms. The molecule has 0 saturated carbocycles. The molecule has 0 aliphatic heterocycles. The van der Waals surface area contributed by atoms with Gasteiger partial charge in [0, 0.05) is 0 Å². The van der Waals surface area contributed by atoms with Gasteiger partial charge < -0.3 is 0 Å². The minimum Gasteiger partial charge on any atom is -0.103 e. The molecule has 0 atom stereocenters. The molecular weight excluding hydrogens is 192 g/mol. The zero-order chi connectivity index (χ0) is 12.5. The molecule has 0 radical (unpaired) electrons. The summed E-state index contributed by atoms with van der Waals surface area (Å²) in [5.74, 6) is 0. The van der Waals surface area contributed by atoms with E-state index in [0.717, 1.165) is 12.8 Å². The fraction of sp³-hybridized carbons (Fsp3) is 0.750. The Morgan fingerprint density at radius 1 is 0.625 bits per heavy atom. The third-order valence-corrected chi connectivity index (χ3v) is 2.52. The first-order valence-corrected chi connectivity index (χ1v) is 7.05. The summed E-state index contributed by atoms with van der Waals surface area (Å²) in [6, 6.07) is 0. The lowest BCUT2D eigenvalue weighted by atomic mass is 10.1. The Kier molecular flexibility index (Phi) is 22.3. The van der Waals surface area contributed by atoms with Crippen LogP contribution < -0.4 is 0 Å². The molecule has 0 aromatic heterocycles. The SMILES string of the molecule is C=CCCCCC=C.CCCCCCCC. The van der Waals surface area contributed by atoms with Crippen molar-refractivity contribution in [1.82, 2.24) is 0 Å². The highest BCUT2D eigenvalue weighted by molar-refractivity contribution is 4.69. The molecular formula is C16H32. The first kappa shape index (κ1) is 17.9. The molecule has 0 fully saturated rings. The molecule has 0 nitrogen and oxygen atoms in total. The van der Waals surface area contributed by atoms with Crippen molar-refractivity contribution in [2.75, 3.05) is 0 Å². The summed E-state index contributed by atoms with van der Waals surface area (Å²) in [5.41, 5.74) is 0. The molecule has 0 aromatic carbocycles. The third kappa shape index (κ3) is 23.4. The molecule has 16 heavy (non-hydrogen) atoms. The van der Waals surface area contributed by atoms with Crippen molar-refractivity contribution in [1.29, 1.82) is 0 Å². The van der Waals surface area contributed by atoms with E-state index in [1.165, 1.54) is 51.4 Å². The monoisotopic (exact) mass is 224 g/mol. The van der Waals surface area contributed by atoms with Crippen molar-refractivity contribution in [2.45, 2.75) is 78.1 Å². The van der Waals surface area contributed by atoms with Gasteiger partial charge >= 0.3 is 0 Å². The second-order valence-corrected chi connectivity index (χ2v) is 4.28. The largest absolute Gasteiger partial charge is 0.103 e. The summed E-state index contributed by atoms with van der Waals surface area (Å²) < 4.78 is 0. The quantitative estimate of drug-likeness (QED) is 0.302. The average molecular weight is 224 g/mol. The van der Waals surface area contributed by atoms with Crippen LogP contribution >= 0.6 is 0 Å². The second-order valence-electron chi connectivity index (χ2n) is 4.28. The lowest BCUT2D eigenvalue weighted by molar-refractivity contribution is 0.624. The lowest BCUT2D eigenvalue weighted by Gasteiger charge is -1.93. The highest BCUT2D eigenvalue weighted by Gasteiger charge is 1.83. The van der Waals surface area contributed by atoms with Crippen LogP contribution in [0, 0.1) is 0 Å². The predicted molar refractivity (Wildman–Crippen MR) is 77.9 cm³/mol. The van der Waals surface area contributed by atoms with Crippen LogP contribution in [0.1, 0.15) is 78.1 Å². The molecule has 0 aliphatic rings. The molecule has 96 valence electrons. The summed E-state index contributed by atoms with van der Waals surface area (Å²) >= 11 is 0. The van der Waals surface area contributed by atoms with Gasteiger partial charge in [0.1, 0.15) is 0 Å². The van der Waals surface area contributed by atoms with Gasteiger partial charge in [0.25, 0.3) is 0 Å². The maximum Gasteiger partial charge on any atom is -0.0353 e. The van der Waals surface area contributed by atoms with Crippen molar-refractivity contribution in [3.63, 3.8) is 0 Å². The summed E-state index contributed by atoms with van der Waals surface area (Å²) in [7, 11) is 0. The second kappa shape index (κ2) is 20.0. The molecule has 0 amide bonds. The van der Waals surface area contributed by atoms with Gasteiger partial charge in [-0.15, -0.1) is 13.2 Å². The number of rotatable bonds is 10. The molecule has 0 heterocycles. The van der Waals surface area contributed by atoms with E-state index in [4.69, 9.17) is 0 Å². The molecule has 0 unspecified atom stereocenters. The zero-order valence-electron chi connectivity index (χ0n) is 11.6. The van der Waals surface area contributed by atoms with Crippen molar-refractivity contribution >= 4 is 0 Å². The van der Waals surface area contributed by atoms with Crippen molar-refractivity contribution < 1.29 is 0 Å². The van der Waals surface area contributed by atoms with Crippen LogP contribution in [0.4, 0.5) is 0 Å². The Labute approximate surface area is 104 Å². The molecule has 0 N–H and O–H groups in total. The highest BCUT2D eigenvalue weighted by Crippen LogP contribution is 2.03. The smallest absolute Gasteiger partial charge is 0.0353 e. The van der Waals surface area contributed by atoms with Gasteiger partial charge in [-0.25, -0.2) is 0 Å². The standard InChI is InChI=1S/C8H18.C8H14/c2*1-3-5-7-8-6-4-2/h3-8H2,1-2H3;3-4H,1-2,5-8H2. The summed E-state index contributed by atoms with van der Waals surface area (Å²) in [6.45, 7) is 11.8. The Morgan fingerprint density at radius 2 is 1.00 bits per heavy atom. The van der Waals surface area contributed by atoms with Gasteiger partial charge in [-0.3, -0.25) is 0 Å². The van der Waals surface area contributed by atoms with E-state index in [0.29, 0.717) is 0 Å². The number of hydrogen-bond acceptors (Lipinski definition) is 0. The van der Waals surface area contributed by atoms with E-state index >= 15 is 0 Å². The van der Waals surface area contributed by atoms with E-state index < -0.39 is 0 Å². The van der Waals surface area contributed by atoms with Gasteiger partial charge in [0.05, 0.1) is 0 Å². The van der Waals surface area contributed by atoms with E-state index in [1.807, 2.05) is 12.2 Å². The normalized spacial score (nSPS) is 9.12. The Balaban J connectivity index is 0. The Morgan fingerprint density at radius 3 is 1.25 bits per heavy atom. The zero-order valence-corrected chi connectivity index (χ0v) is 11.6. The fourth-order valence-electron chi connectivity index (χ4n) is 1.43. The van der Waals surface area contributed by atoms with Crippen LogP contribution in [-0.4, -0.2) is 0 Å². The van der Waals surface area contributed by atoms with E-state index in [-0.39, 0.29) is 0 Å². The van der Waals surface area contributed by atoms with Gasteiger partial charge in [0.15, 0.2) is 0 Å². The third-order valence-electron chi connectivity index (χ3n) is 2.52. The molecule has 0 aromatic rings. The van der Waals surface area contributed by atoms with Gasteiger partial charge in [0.2, 0.25) is 0 Å². The maximum atomic E-state index is 3.63. The van der Waals surface area contributed by atoms with Gasteiger partial charge in [-0.05, 0) is 25.7 Å². The number of allylic oxidation sites excluding steroid dienone is 2. The summed E-state index contributed by atoms with van der Waals surface area (Å²) in [4.78, 5) is 0. The maximum absolute atomic E-state index is 3.63. The van der Waals surface area contributed by atoms with Crippen LogP contribution in [0.15, 0.2) is 25.3 Å². The number of unbranched alkanes of at least 4 members (excludes halogenated alkanes) is 8. The topological polar surface area (TPSA) is 0 Å². The molecule has 0 aliphatic carbocycles.